The summed E-state index contributed by atoms with van der Waals surface area (Å²) in [5, 5.41) is 1.95. The molecular formula is C14H13BrOS2. The number of halogens is 1. The van der Waals surface area contributed by atoms with Crippen LogP contribution in [0.3, 0.4) is 0 Å². The van der Waals surface area contributed by atoms with Crippen LogP contribution in [0.2, 0.25) is 0 Å². The molecule has 0 aliphatic carbocycles. The zero-order valence-corrected chi connectivity index (χ0v) is 13.0. The Morgan fingerprint density at radius 2 is 2.06 bits per heavy atom. The molecule has 0 amide bonds. The topological polar surface area (TPSA) is 17.1 Å². The monoisotopic (exact) mass is 340 g/mol. The van der Waals surface area contributed by atoms with Crippen molar-refractivity contribution in [2.45, 2.75) is 17.7 Å². The van der Waals surface area contributed by atoms with Crippen molar-refractivity contribution in [1.29, 1.82) is 0 Å². The number of carbonyl (C=O) groups is 1. The third-order valence-corrected chi connectivity index (χ3v) is 5.46. The van der Waals surface area contributed by atoms with Gasteiger partial charge < -0.3 is 0 Å². The van der Waals surface area contributed by atoms with Crippen LogP contribution in [0.5, 0.6) is 0 Å². The van der Waals surface area contributed by atoms with Gasteiger partial charge in [-0.05, 0) is 51.7 Å². The van der Waals surface area contributed by atoms with Crippen LogP contribution in [0.25, 0.3) is 0 Å². The standard InChI is InChI=1S/C14H13BrOS2/c15-11-5-1-2-7-13(11)17-9-3-6-12(16)14-8-4-10-18-14/h1-2,4-5,7-8,10H,3,6,9H2. The Balaban J connectivity index is 1.74. The average Bonchev–Trinajstić information content (AvgIpc) is 2.90. The summed E-state index contributed by atoms with van der Waals surface area (Å²) in [6.07, 6.45) is 1.56. The molecule has 2 aromatic rings. The van der Waals surface area contributed by atoms with Gasteiger partial charge in [0.25, 0.3) is 0 Å². The van der Waals surface area contributed by atoms with Gasteiger partial charge in [-0.25, -0.2) is 0 Å². The lowest BCUT2D eigenvalue weighted by Gasteiger charge is -2.03. The van der Waals surface area contributed by atoms with E-state index in [1.165, 1.54) is 16.2 Å². The molecule has 0 saturated carbocycles. The van der Waals surface area contributed by atoms with Crippen molar-refractivity contribution in [3.63, 3.8) is 0 Å². The maximum Gasteiger partial charge on any atom is 0.172 e. The summed E-state index contributed by atoms with van der Waals surface area (Å²) < 4.78 is 1.12. The van der Waals surface area contributed by atoms with Gasteiger partial charge in [0.1, 0.15) is 0 Å². The number of thiophene rings is 1. The van der Waals surface area contributed by atoms with Gasteiger partial charge in [0.2, 0.25) is 0 Å². The van der Waals surface area contributed by atoms with Crippen LogP contribution < -0.4 is 0 Å². The molecule has 0 aliphatic heterocycles. The molecular weight excluding hydrogens is 328 g/mol. The normalized spacial score (nSPS) is 10.5. The molecule has 94 valence electrons. The van der Waals surface area contributed by atoms with Crippen LogP contribution in [0.4, 0.5) is 0 Å². The minimum absolute atomic E-state index is 0.262. The van der Waals surface area contributed by atoms with Crippen LogP contribution in [-0.4, -0.2) is 11.5 Å². The number of benzene rings is 1. The first-order chi connectivity index (χ1) is 8.77. The molecule has 0 fully saturated rings. The zero-order chi connectivity index (χ0) is 12.8. The van der Waals surface area contributed by atoms with Crippen LogP contribution in [-0.2, 0) is 0 Å². The van der Waals surface area contributed by atoms with Crippen molar-refractivity contribution in [1.82, 2.24) is 0 Å². The number of hydrogen-bond donors (Lipinski definition) is 0. The second-order valence-electron chi connectivity index (χ2n) is 3.78. The van der Waals surface area contributed by atoms with Gasteiger partial charge in [0.15, 0.2) is 5.78 Å². The maximum absolute atomic E-state index is 11.8. The Hall–Kier alpha value is -0.580. The van der Waals surface area contributed by atoms with E-state index >= 15 is 0 Å². The van der Waals surface area contributed by atoms with E-state index in [1.54, 1.807) is 11.8 Å². The number of hydrogen-bond acceptors (Lipinski definition) is 3. The molecule has 0 spiro atoms. The minimum Gasteiger partial charge on any atom is -0.293 e. The highest BCUT2D eigenvalue weighted by atomic mass is 79.9. The lowest BCUT2D eigenvalue weighted by molar-refractivity contribution is 0.0986. The van der Waals surface area contributed by atoms with Gasteiger partial charge in [-0.3, -0.25) is 4.79 Å². The number of carbonyl (C=O) groups excluding carboxylic acids is 1. The number of ketones is 1. The lowest BCUT2D eigenvalue weighted by Crippen LogP contribution is -1.96. The quantitative estimate of drug-likeness (QED) is 0.405. The van der Waals surface area contributed by atoms with Crippen LogP contribution >= 0.6 is 39.0 Å². The molecule has 0 saturated heterocycles. The fourth-order valence-corrected chi connectivity index (χ4v) is 3.75. The van der Waals surface area contributed by atoms with Crippen molar-refractivity contribution >= 4 is 44.8 Å². The maximum atomic E-state index is 11.8. The molecule has 0 unspecified atom stereocenters. The molecule has 0 aliphatic rings. The predicted octanol–water partition coefficient (Wildman–Crippen LogP) is 5.27. The van der Waals surface area contributed by atoms with Crippen LogP contribution in [0, 0.1) is 0 Å². The largest absolute Gasteiger partial charge is 0.293 e. The van der Waals surface area contributed by atoms with Crippen molar-refractivity contribution < 1.29 is 4.79 Å². The fourth-order valence-electron chi connectivity index (χ4n) is 1.54. The first-order valence-electron chi connectivity index (χ1n) is 5.71. The van der Waals surface area contributed by atoms with E-state index in [1.807, 2.05) is 35.7 Å². The zero-order valence-electron chi connectivity index (χ0n) is 9.77. The van der Waals surface area contributed by atoms with Crippen molar-refractivity contribution in [3.8, 4) is 0 Å². The van der Waals surface area contributed by atoms with Gasteiger partial charge in [0, 0.05) is 15.8 Å². The predicted molar refractivity (Wildman–Crippen MR) is 82.7 cm³/mol. The second kappa shape index (κ2) is 7.12. The van der Waals surface area contributed by atoms with E-state index in [9.17, 15) is 4.79 Å². The number of rotatable bonds is 6. The summed E-state index contributed by atoms with van der Waals surface area (Å²) in [7, 11) is 0. The minimum atomic E-state index is 0.262. The van der Waals surface area contributed by atoms with Gasteiger partial charge in [-0.1, -0.05) is 18.2 Å². The summed E-state index contributed by atoms with van der Waals surface area (Å²) in [6, 6.07) is 12.0. The van der Waals surface area contributed by atoms with Crippen LogP contribution in [0.1, 0.15) is 22.5 Å². The van der Waals surface area contributed by atoms with E-state index < -0.39 is 0 Å². The highest BCUT2D eigenvalue weighted by Crippen LogP contribution is 2.27. The number of thioether (sulfide) groups is 1. The highest BCUT2D eigenvalue weighted by Gasteiger charge is 2.06. The number of Topliss-reactive ketones (excluding diaryl/α,β-unsaturated/α-hetero) is 1. The summed E-state index contributed by atoms with van der Waals surface area (Å²) in [5.41, 5.74) is 0. The molecule has 1 aromatic carbocycles. The third kappa shape index (κ3) is 3.97. The summed E-state index contributed by atoms with van der Waals surface area (Å²) in [4.78, 5) is 13.9. The van der Waals surface area contributed by atoms with E-state index in [-0.39, 0.29) is 5.78 Å². The third-order valence-electron chi connectivity index (χ3n) is 2.44. The molecule has 1 heterocycles. The summed E-state index contributed by atoms with van der Waals surface area (Å²) in [6.45, 7) is 0. The molecule has 0 N–H and O–H groups in total. The van der Waals surface area contributed by atoms with Crippen molar-refractivity contribution in [2.24, 2.45) is 0 Å². The smallest absolute Gasteiger partial charge is 0.172 e. The molecule has 1 nitrogen and oxygen atoms in total. The Morgan fingerprint density at radius 3 is 2.78 bits per heavy atom. The first kappa shape index (κ1) is 13.8. The molecule has 1 aromatic heterocycles. The Morgan fingerprint density at radius 1 is 1.22 bits per heavy atom. The van der Waals surface area contributed by atoms with Gasteiger partial charge >= 0.3 is 0 Å². The van der Waals surface area contributed by atoms with Crippen molar-refractivity contribution in [3.05, 3.63) is 51.1 Å². The fraction of sp³-hybridized carbons (Fsp3) is 0.214. The molecule has 0 radical (unpaired) electrons. The molecule has 18 heavy (non-hydrogen) atoms. The first-order valence-corrected chi connectivity index (χ1v) is 8.37. The van der Waals surface area contributed by atoms with E-state index in [4.69, 9.17) is 0 Å². The average molecular weight is 341 g/mol. The summed E-state index contributed by atoms with van der Waals surface area (Å²) >= 11 is 6.84. The van der Waals surface area contributed by atoms with Crippen LogP contribution in [0.15, 0.2) is 51.1 Å². The Kier molecular flexibility index (Phi) is 5.47. The van der Waals surface area contributed by atoms with E-state index in [0.29, 0.717) is 6.42 Å². The molecule has 4 heteroatoms. The second-order valence-corrected chi connectivity index (χ2v) is 6.72. The van der Waals surface area contributed by atoms with Gasteiger partial charge in [0.05, 0.1) is 4.88 Å². The van der Waals surface area contributed by atoms with Gasteiger partial charge in [-0.15, -0.1) is 23.1 Å². The van der Waals surface area contributed by atoms with E-state index in [0.717, 1.165) is 21.5 Å². The SMILES string of the molecule is O=C(CCCSc1ccccc1Br)c1cccs1. The van der Waals surface area contributed by atoms with Crippen molar-refractivity contribution in [2.75, 3.05) is 5.75 Å². The lowest BCUT2D eigenvalue weighted by atomic mass is 10.2. The summed E-state index contributed by atoms with van der Waals surface area (Å²) in [5.74, 6) is 1.23. The molecule has 2 rings (SSSR count). The van der Waals surface area contributed by atoms with Gasteiger partial charge in [-0.2, -0.15) is 0 Å². The molecule has 0 bridgehead atoms. The Labute approximate surface area is 124 Å². The highest BCUT2D eigenvalue weighted by molar-refractivity contribution is 9.10. The molecule has 0 atom stereocenters. The van der Waals surface area contributed by atoms with E-state index in [2.05, 4.69) is 22.0 Å². The Bertz CT molecular complexity index is 508.